The van der Waals surface area contributed by atoms with Crippen molar-refractivity contribution in [3.63, 3.8) is 0 Å². The van der Waals surface area contributed by atoms with Crippen molar-refractivity contribution < 1.29 is 12.8 Å². The van der Waals surface area contributed by atoms with Crippen LogP contribution in [-0.4, -0.2) is 32.0 Å². The quantitative estimate of drug-likeness (QED) is 0.880. The third-order valence-corrected chi connectivity index (χ3v) is 5.53. The van der Waals surface area contributed by atoms with Crippen LogP contribution < -0.4 is 11.1 Å². The van der Waals surface area contributed by atoms with Gasteiger partial charge in [0.15, 0.2) is 9.84 Å². The molecule has 0 saturated heterocycles. The van der Waals surface area contributed by atoms with Crippen LogP contribution in [0.25, 0.3) is 0 Å². The number of rotatable bonds is 4. The van der Waals surface area contributed by atoms with Gasteiger partial charge in [0, 0.05) is 18.5 Å². The van der Waals surface area contributed by atoms with E-state index in [4.69, 9.17) is 5.73 Å². The van der Waals surface area contributed by atoms with E-state index in [0.29, 0.717) is 18.5 Å². The van der Waals surface area contributed by atoms with Crippen molar-refractivity contribution in [3.05, 3.63) is 30.1 Å². The van der Waals surface area contributed by atoms with E-state index in [9.17, 15) is 12.8 Å². The molecule has 3 N–H and O–H groups in total. The molecule has 0 radical (unpaired) electrons. The van der Waals surface area contributed by atoms with E-state index in [0.717, 1.165) is 6.42 Å². The molecule has 0 bridgehead atoms. The summed E-state index contributed by atoms with van der Waals surface area (Å²) in [7, 11) is -3.19. The molecule has 1 saturated carbocycles. The lowest BCUT2D eigenvalue weighted by Crippen LogP contribution is -2.54. The van der Waals surface area contributed by atoms with Gasteiger partial charge in [-0.2, -0.15) is 0 Å². The highest BCUT2D eigenvalue weighted by Gasteiger charge is 2.47. The van der Waals surface area contributed by atoms with E-state index in [2.05, 4.69) is 5.32 Å². The van der Waals surface area contributed by atoms with Crippen LogP contribution >= 0.6 is 0 Å². The van der Waals surface area contributed by atoms with Crippen LogP contribution in [0.3, 0.4) is 0 Å². The summed E-state index contributed by atoms with van der Waals surface area (Å²) in [5.41, 5.74) is 5.70. The summed E-state index contributed by atoms with van der Waals surface area (Å²) in [6, 6.07) is 6.02. The first-order chi connectivity index (χ1) is 8.87. The molecule has 1 aromatic rings. The largest absolute Gasteiger partial charge is 0.377 e. The van der Waals surface area contributed by atoms with Crippen LogP contribution in [0.2, 0.25) is 0 Å². The highest BCUT2D eigenvalue weighted by molar-refractivity contribution is 7.91. The molecule has 0 spiro atoms. The van der Waals surface area contributed by atoms with Gasteiger partial charge in [0.1, 0.15) is 5.82 Å². The Morgan fingerprint density at radius 3 is 2.84 bits per heavy atom. The molecular formula is C13H19FN2O2S. The zero-order valence-electron chi connectivity index (χ0n) is 10.9. The third kappa shape index (κ3) is 2.90. The minimum Gasteiger partial charge on any atom is -0.377 e. The number of nitrogens with one attached hydrogen (secondary N) is 1. The molecule has 2 unspecified atom stereocenters. The van der Waals surface area contributed by atoms with Crippen molar-refractivity contribution in [2.24, 2.45) is 5.73 Å². The number of nitrogens with two attached hydrogens (primary N) is 1. The molecule has 1 aliphatic carbocycles. The molecular weight excluding hydrogens is 267 g/mol. The Balaban J connectivity index is 2.33. The van der Waals surface area contributed by atoms with E-state index in [1.165, 1.54) is 18.4 Å². The molecule has 1 fully saturated rings. The van der Waals surface area contributed by atoms with E-state index in [1.54, 1.807) is 12.1 Å². The fourth-order valence-corrected chi connectivity index (χ4v) is 4.63. The van der Waals surface area contributed by atoms with Crippen LogP contribution in [-0.2, 0) is 9.84 Å². The lowest BCUT2D eigenvalue weighted by Gasteiger charge is -2.35. The van der Waals surface area contributed by atoms with Crippen molar-refractivity contribution in [2.75, 3.05) is 18.1 Å². The predicted octanol–water partition coefficient (Wildman–Crippen LogP) is 1.53. The first-order valence-electron chi connectivity index (χ1n) is 6.30. The normalized spacial score (nSPS) is 27.4. The number of benzene rings is 1. The number of hydrogen-bond donors (Lipinski definition) is 2. The van der Waals surface area contributed by atoms with Crippen LogP contribution in [0, 0.1) is 5.82 Å². The summed E-state index contributed by atoms with van der Waals surface area (Å²) in [5, 5.41) is 2.64. The monoisotopic (exact) mass is 286 g/mol. The SMILES string of the molecule is CS(=O)(=O)C1CCCC1(CN)Nc1cccc(F)c1. The summed E-state index contributed by atoms with van der Waals surface area (Å²) in [6.07, 6.45) is 3.31. The average molecular weight is 286 g/mol. The zero-order chi connectivity index (χ0) is 14.1. The molecule has 0 heterocycles. The van der Waals surface area contributed by atoms with Gasteiger partial charge in [-0.1, -0.05) is 6.07 Å². The van der Waals surface area contributed by atoms with Gasteiger partial charge >= 0.3 is 0 Å². The third-order valence-electron chi connectivity index (χ3n) is 3.80. The number of halogens is 1. The van der Waals surface area contributed by atoms with E-state index < -0.39 is 20.6 Å². The van der Waals surface area contributed by atoms with Gasteiger partial charge in [0.25, 0.3) is 0 Å². The van der Waals surface area contributed by atoms with Crippen LogP contribution in [0.4, 0.5) is 10.1 Å². The molecule has 1 aromatic carbocycles. The second-order valence-corrected chi connectivity index (χ2v) is 7.43. The van der Waals surface area contributed by atoms with Gasteiger partial charge in [0.05, 0.1) is 10.8 Å². The minimum atomic E-state index is -3.19. The maximum atomic E-state index is 13.2. The standard InChI is InChI=1S/C13H19FN2O2S/c1-19(17,18)12-6-3-7-13(12,9-15)16-11-5-2-4-10(14)8-11/h2,4-5,8,12,16H,3,6-7,9,15H2,1H3. The molecule has 0 amide bonds. The molecule has 4 nitrogen and oxygen atoms in total. The summed E-state index contributed by atoms with van der Waals surface area (Å²) in [5.74, 6) is -0.355. The lowest BCUT2D eigenvalue weighted by atomic mass is 9.96. The lowest BCUT2D eigenvalue weighted by molar-refractivity contribution is 0.479. The van der Waals surface area contributed by atoms with Crippen LogP contribution in [0.1, 0.15) is 19.3 Å². The van der Waals surface area contributed by atoms with Crippen molar-refractivity contribution in [2.45, 2.75) is 30.1 Å². The molecule has 0 aliphatic heterocycles. The van der Waals surface area contributed by atoms with Gasteiger partial charge < -0.3 is 11.1 Å². The highest BCUT2D eigenvalue weighted by Crippen LogP contribution is 2.37. The maximum Gasteiger partial charge on any atom is 0.152 e. The van der Waals surface area contributed by atoms with Gasteiger partial charge in [0.2, 0.25) is 0 Å². The van der Waals surface area contributed by atoms with Crippen molar-refractivity contribution >= 4 is 15.5 Å². The van der Waals surface area contributed by atoms with Crippen LogP contribution in [0.15, 0.2) is 24.3 Å². The maximum absolute atomic E-state index is 13.2. The van der Waals surface area contributed by atoms with Gasteiger partial charge in [-0.3, -0.25) is 0 Å². The molecule has 19 heavy (non-hydrogen) atoms. The zero-order valence-corrected chi connectivity index (χ0v) is 11.7. The number of sulfone groups is 1. The van der Waals surface area contributed by atoms with E-state index in [1.807, 2.05) is 0 Å². The average Bonchev–Trinajstić information content (AvgIpc) is 2.73. The topological polar surface area (TPSA) is 72.2 Å². The van der Waals surface area contributed by atoms with Gasteiger partial charge in [-0.25, -0.2) is 12.8 Å². The van der Waals surface area contributed by atoms with Crippen LogP contribution in [0.5, 0.6) is 0 Å². The van der Waals surface area contributed by atoms with E-state index in [-0.39, 0.29) is 12.4 Å². The molecule has 1 aliphatic rings. The highest BCUT2D eigenvalue weighted by atomic mass is 32.2. The number of anilines is 1. The summed E-state index contributed by atoms with van der Waals surface area (Å²) >= 11 is 0. The number of hydrogen-bond acceptors (Lipinski definition) is 4. The first-order valence-corrected chi connectivity index (χ1v) is 8.25. The van der Waals surface area contributed by atoms with Crippen molar-refractivity contribution in [1.29, 1.82) is 0 Å². The second kappa shape index (κ2) is 5.09. The Kier molecular flexibility index (Phi) is 3.82. The predicted molar refractivity (Wildman–Crippen MR) is 74.3 cm³/mol. The summed E-state index contributed by atoms with van der Waals surface area (Å²) in [6.45, 7) is 0.210. The Morgan fingerprint density at radius 2 is 2.26 bits per heavy atom. The molecule has 106 valence electrons. The van der Waals surface area contributed by atoms with Crippen molar-refractivity contribution in [1.82, 2.24) is 0 Å². The van der Waals surface area contributed by atoms with Gasteiger partial charge in [-0.15, -0.1) is 0 Å². The smallest absolute Gasteiger partial charge is 0.152 e. The second-order valence-electron chi connectivity index (χ2n) is 5.21. The summed E-state index contributed by atoms with van der Waals surface area (Å²) < 4.78 is 37.0. The molecule has 6 heteroatoms. The van der Waals surface area contributed by atoms with Crippen molar-refractivity contribution in [3.8, 4) is 0 Å². The Bertz CT molecular complexity index is 562. The Hall–Kier alpha value is -1.14. The molecule has 2 rings (SSSR count). The fraction of sp³-hybridized carbons (Fsp3) is 0.538. The Morgan fingerprint density at radius 1 is 1.53 bits per heavy atom. The molecule has 0 aromatic heterocycles. The Labute approximate surface area is 113 Å². The fourth-order valence-electron chi connectivity index (χ4n) is 2.95. The summed E-state index contributed by atoms with van der Waals surface area (Å²) in [4.78, 5) is 0. The minimum absolute atomic E-state index is 0.210. The molecule has 2 atom stereocenters. The first kappa shape index (κ1) is 14.3. The van der Waals surface area contributed by atoms with E-state index >= 15 is 0 Å². The van der Waals surface area contributed by atoms with Gasteiger partial charge in [-0.05, 0) is 37.5 Å².